The molecule has 7 nitrogen and oxygen atoms in total. The monoisotopic (exact) mass is 270 g/mol. The maximum absolute atomic E-state index is 13.2. The summed E-state index contributed by atoms with van der Waals surface area (Å²) in [6, 6.07) is 5.71. The fraction of sp³-hybridized carbons (Fsp3) is 0.0909. The van der Waals surface area contributed by atoms with Crippen molar-refractivity contribution in [3.05, 3.63) is 46.8 Å². The van der Waals surface area contributed by atoms with E-state index < -0.39 is 11.8 Å². The number of nitrogens with one attached hydrogen (secondary N) is 1. The van der Waals surface area contributed by atoms with Gasteiger partial charge in [-0.2, -0.15) is 5.26 Å². The average molecular weight is 270 g/mol. The molecule has 1 aromatic carbocycles. The number of nitrogens with zero attached hydrogens (tertiary/aromatic N) is 3. The molecule has 9 heteroatoms. The Morgan fingerprint density at radius 3 is 2.70 bits per heavy atom. The second-order valence-electron chi connectivity index (χ2n) is 3.55. The number of aromatic nitrogens is 3. The van der Waals surface area contributed by atoms with Crippen LogP contribution in [-0.4, -0.2) is 31.7 Å². The van der Waals surface area contributed by atoms with E-state index in [1.165, 1.54) is 12.1 Å². The second-order valence-corrected chi connectivity index (χ2v) is 3.55. The van der Waals surface area contributed by atoms with Crippen molar-refractivity contribution in [3.63, 3.8) is 0 Å². The van der Waals surface area contributed by atoms with Crippen molar-refractivity contribution < 1.29 is 38.6 Å². The topological polar surface area (TPSA) is 133 Å². The standard InChI is InChI=1S/C11H7FN4O2.Li.H2O/c12-8-2-6(1-7(3-8)5-13)4-9-14-10(11(17)18)16-15-9;;/h1-3H,4H2,(H,17,18)(H,14,15,16);;1H2/q;+1;/p-1. The largest absolute Gasteiger partial charge is 1.00 e. The van der Waals surface area contributed by atoms with Crippen molar-refractivity contribution in [2.45, 2.75) is 6.42 Å². The molecule has 2 rings (SSSR count). The Hall–Kier alpha value is -2.19. The predicted molar refractivity (Wildman–Crippen MR) is 59.2 cm³/mol. The summed E-state index contributed by atoms with van der Waals surface area (Å²) in [6.45, 7) is 0. The number of benzene rings is 1. The minimum absolute atomic E-state index is 0. The molecule has 0 fully saturated rings. The second kappa shape index (κ2) is 7.41. The van der Waals surface area contributed by atoms with Gasteiger partial charge in [0.05, 0.1) is 11.6 Å². The first-order valence-corrected chi connectivity index (χ1v) is 4.92. The number of halogens is 1. The Balaban J connectivity index is 0.00000180. The molecule has 2 aromatic rings. The first-order chi connectivity index (χ1) is 8.58. The maximum atomic E-state index is 13.2. The van der Waals surface area contributed by atoms with Crippen molar-refractivity contribution in [1.82, 2.24) is 15.2 Å². The third kappa shape index (κ3) is 4.18. The molecule has 0 spiro atoms. The van der Waals surface area contributed by atoms with E-state index in [9.17, 15) is 9.18 Å². The van der Waals surface area contributed by atoms with Crippen LogP contribution in [0, 0.1) is 17.1 Å². The van der Waals surface area contributed by atoms with Crippen molar-refractivity contribution >= 4 is 5.97 Å². The Bertz CT molecular complexity index is 653. The number of nitriles is 1. The smallest absolute Gasteiger partial charge is 0.870 e. The Labute approximate surface area is 124 Å². The van der Waals surface area contributed by atoms with E-state index in [1.54, 1.807) is 0 Å². The number of aromatic carboxylic acids is 1. The third-order valence-electron chi connectivity index (χ3n) is 2.18. The van der Waals surface area contributed by atoms with Gasteiger partial charge in [-0.3, -0.25) is 5.10 Å². The van der Waals surface area contributed by atoms with Crippen LogP contribution in [0.25, 0.3) is 0 Å². The minimum atomic E-state index is -1.24. The Kier molecular flexibility index (Phi) is 6.60. The molecule has 0 saturated carbocycles. The van der Waals surface area contributed by atoms with Crippen molar-refractivity contribution in [3.8, 4) is 6.07 Å². The zero-order valence-corrected chi connectivity index (χ0v) is 10.5. The number of rotatable bonds is 3. The number of carboxylic acid groups (broad SMARTS) is 1. The predicted octanol–water partition coefficient (Wildman–Crippen LogP) is -2.07. The van der Waals surface area contributed by atoms with Crippen LogP contribution < -0.4 is 18.9 Å². The van der Waals surface area contributed by atoms with Crippen LogP contribution in [0.4, 0.5) is 4.39 Å². The molecule has 0 aliphatic carbocycles. The van der Waals surface area contributed by atoms with Gasteiger partial charge in [0.1, 0.15) is 11.6 Å². The van der Waals surface area contributed by atoms with E-state index in [0.717, 1.165) is 6.07 Å². The van der Waals surface area contributed by atoms with Gasteiger partial charge in [0.25, 0.3) is 5.82 Å². The van der Waals surface area contributed by atoms with Gasteiger partial charge in [-0.15, -0.1) is 5.10 Å². The van der Waals surface area contributed by atoms with Gasteiger partial charge >= 0.3 is 24.8 Å². The summed E-state index contributed by atoms with van der Waals surface area (Å²) in [5.74, 6) is -1.82. The van der Waals surface area contributed by atoms with Crippen molar-refractivity contribution in [2.75, 3.05) is 0 Å². The molecule has 3 N–H and O–H groups in total. The molecule has 0 amide bonds. The average Bonchev–Trinajstić information content (AvgIpc) is 2.76. The van der Waals surface area contributed by atoms with E-state index in [2.05, 4.69) is 15.2 Å². The first kappa shape index (κ1) is 17.8. The number of aromatic amines is 1. The zero-order valence-electron chi connectivity index (χ0n) is 10.5. The van der Waals surface area contributed by atoms with E-state index >= 15 is 0 Å². The number of hydrogen-bond acceptors (Lipinski definition) is 5. The van der Waals surface area contributed by atoms with Gasteiger partial charge in [0.15, 0.2) is 0 Å². The van der Waals surface area contributed by atoms with Crippen LogP contribution in [0.2, 0.25) is 0 Å². The van der Waals surface area contributed by atoms with Gasteiger partial charge in [-0.05, 0) is 23.8 Å². The number of hydrogen-bond donors (Lipinski definition) is 2. The van der Waals surface area contributed by atoms with Gasteiger partial charge in [0.2, 0.25) is 0 Å². The van der Waals surface area contributed by atoms with E-state index in [-0.39, 0.29) is 42.1 Å². The molecule has 98 valence electrons. The Morgan fingerprint density at radius 2 is 2.15 bits per heavy atom. The molecule has 20 heavy (non-hydrogen) atoms. The normalized spacial score (nSPS) is 9.00. The molecular weight excluding hydrogens is 262 g/mol. The van der Waals surface area contributed by atoms with Crippen LogP contribution in [0.5, 0.6) is 0 Å². The quantitative estimate of drug-likeness (QED) is 0.616. The summed E-state index contributed by atoms with van der Waals surface area (Å²) in [5, 5.41) is 23.3. The fourth-order valence-electron chi connectivity index (χ4n) is 1.48. The molecule has 0 atom stereocenters. The van der Waals surface area contributed by atoms with Crippen LogP contribution in [0.3, 0.4) is 0 Å². The molecule has 0 unspecified atom stereocenters. The summed E-state index contributed by atoms with van der Waals surface area (Å²) in [6.07, 6.45) is 0.173. The maximum Gasteiger partial charge on any atom is 1.00 e. The van der Waals surface area contributed by atoms with E-state index in [1.807, 2.05) is 6.07 Å². The van der Waals surface area contributed by atoms with Crippen LogP contribution >= 0.6 is 0 Å². The molecule has 0 radical (unpaired) electrons. The molecule has 1 aromatic heterocycles. The van der Waals surface area contributed by atoms with E-state index in [0.29, 0.717) is 11.4 Å². The number of carbonyl (C=O) groups is 1. The molecule has 0 aliphatic heterocycles. The number of H-pyrrole nitrogens is 1. The van der Waals surface area contributed by atoms with Gasteiger partial charge in [-0.1, -0.05) is 0 Å². The number of carboxylic acids is 1. The van der Waals surface area contributed by atoms with Gasteiger partial charge in [0, 0.05) is 6.42 Å². The third-order valence-corrected chi connectivity index (χ3v) is 2.18. The van der Waals surface area contributed by atoms with Crippen molar-refractivity contribution in [2.24, 2.45) is 0 Å². The summed E-state index contributed by atoms with van der Waals surface area (Å²) in [4.78, 5) is 14.3. The molecular formula is C11H8FLiN4O3. The summed E-state index contributed by atoms with van der Waals surface area (Å²) < 4.78 is 13.2. The van der Waals surface area contributed by atoms with Crippen molar-refractivity contribution in [1.29, 1.82) is 5.26 Å². The first-order valence-electron chi connectivity index (χ1n) is 4.92. The Morgan fingerprint density at radius 1 is 1.45 bits per heavy atom. The molecule has 1 heterocycles. The SMILES string of the molecule is N#Cc1cc(F)cc(Cc2nc(C(=O)O)n[nH]2)c1.[Li+].[OH-]. The van der Waals surface area contributed by atoms with Gasteiger partial charge in [-0.25, -0.2) is 14.2 Å². The van der Waals surface area contributed by atoms with Crippen LogP contribution in [-0.2, 0) is 6.42 Å². The van der Waals surface area contributed by atoms with Crippen LogP contribution in [0.1, 0.15) is 27.6 Å². The minimum Gasteiger partial charge on any atom is -0.870 e. The molecule has 0 bridgehead atoms. The summed E-state index contributed by atoms with van der Waals surface area (Å²) in [7, 11) is 0. The van der Waals surface area contributed by atoms with Gasteiger partial charge < -0.3 is 10.6 Å². The molecule has 0 aliphatic rings. The summed E-state index contributed by atoms with van der Waals surface area (Å²) in [5.41, 5.74) is 0.711. The summed E-state index contributed by atoms with van der Waals surface area (Å²) >= 11 is 0. The molecule has 0 saturated heterocycles. The fourth-order valence-corrected chi connectivity index (χ4v) is 1.48. The van der Waals surface area contributed by atoms with Crippen LogP contribution in [0.15, 0.2) is 18.2 Å². The zero-order chi connectivity index (χ0) is 13.1. The van der Waals surface area contributed by atoms with E-state index in [4.69, 9.17) is 10.4 Å².